The molecule has 0 heterocycles. The fourth-order valence-corrected chi connectivity index (χ4v) is 1.41. The lowest BCUT2D eigenvalue weighted by Crippen LogP contribution is -2.08. The molecule has 8 heteroatoms. The van der Waals surface area contributed by atoms with E-state index in [1.54, 1.807) is 13.0 Å². The maximum absolute atomic E-state index is 11.4. The monoisotopic (exact) mass is 291 g/mol. The van der Waals surface area contributed by atoms with E-state index in [1.807, 2.05) is 0 Å². The summed E-state index contributed by atoms with van der Waals surface area (Å²) in [4.78, 5) is 21.5. The van der Waals surface area contributed by atoms with Crippen molar-refractivity contribution < 1.29 is 19.2 Å². The first-order valence-corrected chi connectivity index (χ1v) is 5.89. The van der Waals surface area contributed by atoms with Gasteiger partial charge in [0.2, 0.25) is 0 Å². The highest BCUT2D eigenvalue weighted by atomic mass is 16.6. The first-order chi connectivity index (χ1) is 10.0. The molecule has 0 aromatic heterocycles. The third-order valence-electron chi connectivity index (χ3n) is 2.38. The van der Waals surface area contributed by atoms with Crippen LogP contribution in [0.15, 0.2) is 30.0 Å². The Balaban J connectivity index is 2.99. The molecule has 0 fully saturated rings. The Morgan fingerprint density at radius 1 is 1.57 bits per heavy atom. The summed E-state index contributed by atoms with van der Waals surface area (Å²) in [5.74, 6) is -0.546. The summed E-state index contributed by atoms with van der Waals surface area (Å²) in [5, 5.41) is 22.2. The van der Waals surface area contributed by atoms with E-state index in [0.717, 1.165) is 6.20 Å². The van der Waals surface area contributed by atoms with Crippen molar-refractivity contribution in [1.29, 1.82) is 5.26 Å². The lowest BCUT2D eigenvalue weighted by Gasteiger charge is -2.08. The van der Waals surface area contributed by atoms with Crippen LogP contribution in [0.3, 0.4) is 0 Å². The Hall–Kier alpha value is -3.08. The van der Waals surface area contributed by atoms with E-state index in [2.05, 4.69) is 5.32 Å². The third kappa shape index (κ3) is 4.21. The average Bonchev–Trinajstić information content (AvgIpc) is 2.48. The lowest BCUT2D eigenvalue weighted by atomic mass is 10.2. The van der Waals surface area contributed by atoms with Gasteiger partial charge in [0.05, 0.1) is 30.4 Å². The highest BCUT2D eigenvalue weighted by Gasteiger charge is 2.13. The Morgan fingerprint density at radius 3 is 2.81 bits per heavy atom. The van der Waals surface area contributed by atoms with Crippen LogP contribution in [0.25, 0.3) is 0 Å². The Morgan fingerprint density at radius 2 is 2.29 bits per heavy atom. The molecular formula is C13H13N3O5. The van der Waals surface area contributed by atoms with Crippen molar-refractivity contribution in [3.63, 3.8) is 0 Å². The molecule has 0 radical (unpaired) electrons. The van der Waals surface area contributed by atoms with E-state index in [9.17, 15) is 14.9 Å². The van der Waals surface area contributed by atoms with Gasteiger partial charge >= 0.3 is 5.97 Å². The number of nitrogens with zero attached hydrogens (tertiary/aromatic N) is 2. The van der Waals surface area contributed by atoms with Crippen LogP contribution in [0.1, 0.15) is 6.92 Å². The zero-order valence-corrected chi connectivity index (χ0v) is 11.5. The number of hydrogen-bond donors (Lipinski definition) is 1. The van der Waals surface area contributed by atoms with Crippen LogP contribution in [0.4, 0.5) is 11.4 Å². The van der Waals surface area contributed by atoms with E-state index in [-0.39, 0.29) is 23.6 Å². The number of hydrogen-bond acceptors (Lipinski definition) is 7. The first-order valence-electron chi connectivity index (χ1n) is 5.89. The van der Waals surface area contributed by atoms with Crippen LogP contribution >= 0.6 is 0 Å². The van der Waals surface area contributed by atoms with Gasteiger partial charge in [-0.15, -0.1) is 0 Å². The van der Waals surface area contributed by atoms with E-state index in [0.29, 0.717) is 5.69 Å². The molecule has 1 rings (SSSR count). The van der Waals surface area contributed by atoms with Crippen molar-refractivity contribution in [2.75, 3.05) is 19.0 Å². The Bertz CT molecular complexity index is 619. The van der Waals surface area contributed by atoms with Crippen molar-refractivity contribution in [3.05, 3.63) is 40.1 Å². The summed E-state index contributed by atoms with van der Waals surface area (Å²) >= 11 is 0. The summed E-state index contributed by atoms with van der Waals surface area (Å²) in [6.45, 7) is 1.78. The maximum atomic E-state index is 11.4. The highest BCUT2D eigenvalue weighted by molar-refractivity contribution is 5.93. The van der Waals surface area contributed by atoms with Crippen LogP contribution in [0.5, 0.6) is 5.75 Å². The molecule has 0 bridgehead atoms. The van der Waals surface area contributed by atoms with Crippen molar-refractivity contribution >= 4 is 17.3 Å². The molecule has 0 aliphatic heterocycles. The van der Waals surface area contributed by atoms with Crippen molar-refractivity contribution in [1.82, 2.24) is 0 Å². The predicted octanol–water partition coefficient (Wildman–Crippen LogP) is 1.99. The number of non-ortho nitro benzene ring substituents is 1. The molecule has 0 unspecified atom stereocenters. The molecule has 0 amide bonds. The van der Waals surface area contributed by atoms with Gasteiger partial charge in [0.25, 0.3) is 5.69 Å². The van der Waals surface area contributed by atoms with E-state index >= 15 is 0 Å². The number of benzene rings is 1. The minimum absolute atomic E-state index is 0.132. The second-order valence-electron chi connectivity index (χ2n) is 3.68. The van der Waals surface area contributed by atoms with Gasteiger partial charge in [-0.3, -0.25) is 10.1 Å². The smallest absolute Gasteiger partial charge is 0.350 e. The van der Waals surface area contributed by atoms with Crippen LogP contribution in [-0.4, -0.2) is 24.6 Å². The number of anilines is 1. The number of carbonyl (C=O) groups is 1. The largest absolute Gasteiger partial charge is 0.494 e. The fraction of sp³-hybridized carbons (Fsp3) is 0.231. The lowest BCUT2D eigenvalue weighted by molar-refractivity contribution is -0.384. The second-order valence-corrected chi connectivity index (χ2v) is 3.68. The number of esters is 1. The van der Waals surface area contributed by atoms with Gasteiger partial charge in [0, 0.05) is 12.3 Å². The molecule has 0 saturated carbocycles. The number of methoxy groups -OCH3 is 1. The van der Waals surface area contributed by atoms with E-state index in [1.165, 1.54) is 25.3 Å². The van der Waals surface area contributed by atoms with Crippen LogP contribution in [0.2, 0.25) is 0 Å². The summed E-state index contributed by atoms with van der Waals surface area (Å²) in [6, 6.07) is 5.61. The molecule has 8 nitrogen and oxygen atoms in total. The molecular weight excluding hydrogens is 278 g/mol. The fourth-order valence-electron chi connectivity index (χ4n) is 1.41. The first kappa shape index (κ1) is 16.0. The average molecular weight is 291 g/mol. The van der Waals surface area contributed by atoms with E-state index in [4.69, 9.17) is 14.7 Å². The number of nitro benzene ring substituents is 1. The van der Waals surface area contributed by atoms with Gasteiger partial charge in [-0.05, 0) is 13.0 Å². The minimum atomic E-state index is -0.756. The number of ether oxygens (including phenoxy) is 2. The number of nitrogens with one attached hydrogen (secondary N) is 1. The van der Waals surface area contributed by atoms with Crippen molar-refractivity contribution in [3.8, 4) is 11.8 Å². The van der Waals surface area contributed by atoms with Crippen LogP contribution < -0.4 is 10.1 Å². The van der Waals surface area contributed by atoms with Crippen molar-refractivity contribution in [2.24, 2.45) is 0 Å². The standard InChI is InChI=1S/C13H13N3O5/c1-3-21-13(17)9(7-14)8-15-11-5-4-10(16(18)19)6-12(11)20-2/h4-6,8,15H,3H2,1-2H3/b9-8-. The molecule has 1 aromatic rings. The summed E-state index contributed by atoms with van der Waals surface area (Å²) < 4.78 is 9.71. The Labute approximate surface area is 120 Å². The molecule has 110 valence electrons. The second kappa shape index (κ2) is 7.49. The molecule has 1 N–H and O–H groups in total. The van der Waals surface area contributed by atoms with Crippen molar-refractivity contribution in [2.45, 2.75) is 6.92 Å². The van der Waals surface area contributed by atoms with Gasteiger partial charge in [-0.1, -0.05) is 0 Å². The summed E-state index contributed by atoms with van der Waals surface area (Å²) in [7, 11) is 1.35. The predicted molar refractivity (Wildman–Crippen MR) is 73.6 cm³/mol. The van der Waals surface area contributed by atoms with Crippen LogP contribution in [-0.2, 0) is 9.53 Å². The molecule has 21 heavy (non-hydrogen) atoms. The zero-order valence-electron chi connectivity index (χ0n) is 11.5. The van der Waals surface area contributed by atoms with Crippen LogP contribution in [0, 0.1) is 21.4 Å². The maximum Gasteiger partial charge on any atom is 0.350 e. The molecule has 0 aliphatic rings. The summed E-state index contributed by atoms with van der Waals surface area (Å²) in [6.07, 6.45) is 1.15. The number of nitro groups is 1. The number of carbonyl (C=O) groups excluding carboxylic acids is 1. The molecule has 0 atom stereocenters. The minimum Gasteiger partial charge on any atom is -0.494 e. The third-order valence-corrected chi connectivity index (χ3v) is 2.38. The van der Waals surface area contributed by atoms with Gasteiger partial charge in [-0.25, -0.2) is 4.79 Å². The summed E-state index contributed by atoms with van der Waals surface area (Å²) in [5.41, 5.74) is 0.0182. The SMILES string of the molecule is CCOC(=O)/C(C#N)=C\Nc1ccc([N+](=O)[O-])cc1OC. The van der Waals surface area contributed by atoms with Gasteiger partial charge in [-0.2, -0.15) is 5.26 Å². The number of rotatable bonds is 6. The topological polar surface area (TPSA) is 114 Å². The van der Waals surface area contributed by atoms with Gasteiger partial charge in [0.15, 0.2) is 5.57 Å². The van der Waals surface area contributed by atoms with Gasteiger partial charge < -0.3 is 14.8 Å². The molecule has 0 saturated heterocycles. The molecule has 1 aromatic carbocycles. The number of nitriles is 1. The highest BCUT2D eigenvalue weighted by Crippen LogP contribution is 2.29. The zero-order chi connectivity index (χ0) is 15.8. The normalized spacial score (nSPS) is 10.4. The quantitative estimate of drug-likeness (QED) is 0.280. The Kier molecular flexibility index (Phi) is 5.70. The van der Waals surface area contributed by atoms with Gasteiger partial charge in [0.1, 0.15) is 11.8 Å². The molecule has 0 spiro atoms. The molecule has 0 aliphatic carbocycles. The van der Waals surface area contributed by atoms with E-state index < -0.39 is 10.9 Å².